The number of thiazole rings is 1. The molecule has 1 aliphatic rings. The minimum absolute atomic E-state index is 0.182. The van der Waals surface area contributed by atoms with Crippen LogP contribution in [-0.4, -0.2) is 36.3 Å². The molecule has 0 saturated carbocycles. The van der Waals surface area contributed by atoms with E-state index in [4.69, 9.17) is 11.6 Å². The van der Waals surface area contributed by atoms with Gasteiger partial charge in [-0.15, -0.1) is 0 Å². The number of para-hydroxylation sites is 1. The molecule has 6 nitrogen and oxygen atoms in total. The van der Waals surface area contributed by atoms with Crippen LogP contribution in [0.1, 0.15) is 18.4 Å². The van der Waals surface area contributed by atoms with Gasteiger partial charge in [-0.2, -0.15) is 9.30 Å². The minimum Gasteiger partial charge on any atom is -0.319 e. The van der Waals surface area contributed by atoms with Gasteiger partial charge >= 0.3 is 0 Å². The number of aryl methyl sites for hydroxylation is 2. The zero-order chi connectivity index (χ0) is 21.5. The maximum absolute atomic E-state index is 12.8. The molecule has 1 saturated heterocycles. The van der Waals surface area contributed by atoms with Gasteiger partial charge in [-0.25, -0.2) is 8.42 Å². The second kappa shape index (κ2) is 8.26. The Morgan fingerprint density at radius 3 is 2.43 bits per heavy atom. The summed E-state index contributed by atoms with van der Waals surface area (Å²) in [6.07, 6.45) is 0.922. The summed E-state index contributed by atoms with van der Waals surface area (Å²) in [6, 6.07) is 12.2. The van der Waals surface area contributed by atoms with Gasteiger partial charge in [-0.1, -0.05) is 35.1 Å². The van der Waals surface area contributed by atoms with Gasteiger partial charge in [-0.3, -0.25) is 4.79 Å². The first-order valence-electron chi connectivity index (χ1n) is 9.67. The van der Waals surface area contributed by atoms with E-state index in [0.717, 1.165) is 15.8 Å². The van der Waals surface area contributed by atoms with Crippen molar-refractivity contribution in [3.63, 3.8) is 0 Å². The third-order valence-electron chi connectivity index (χ3n) is 5.48. The number of carbonyl (C=O) groups excluding carboxylic acids is 1. The molecule has 1 aliphatic heterocycles. The van der Waals surface area contributed by atoms with Crippen LogP contribution >= 0.6 is 22.9 Å². The van der Waals surface area contributed by atoms with E-state index >= 15 is 0 Å². The Balaban J connectivity index is 1.50. The van der Waals surface area contributed by atoms with Gasteiger partial charge in [0.1, 0.15) is 0 Å². The fourth-order valence-electron chi connectivity index (χ4n) is 3.79. The van der Waals surface area contributed by atoms with Gasteiger partial charge in [0.15, 0.2) is 4.80 Å². The summed E-state index contributed by atoms with van der Waals surface area (Å²) in [6.45, 7) is 2.64. The number of sulfonamides is 1. The van der Waals surface area contributed by atoms with Gasteiger partial charge in [0, 0.05) is 31.1 Å². The number of nitrogens with zero attached hydrogens (tertiary/aromatic N) is 3. The van der Waals surface area contributed by atoms with Crippen molar-refractivity contribution in [1.29, 1.82) is 0 Å². The van der Waals surface area contributed by atoms with E-state index in [9.17, 15) is 13.2 Å². The summed E-state index contributed by atoms with van der Waals surface area (Å²) in [5.74, 6) is -0.452. The number of fused-ring (bicyclic) bond motifs is 1. The van der Waals surface area contributed by atoms with Crippen molar-refractivity contribution in [1.82, 2.24) is 8.87 Å². The molecule has 4 rings (SSSR count). The Kier molecular flexibility index (Phi) is 5.85. The number of halogens is 1. The van der Waals surface area contributed by atoms with Gasteiger partial charge in [-0.05, 0) is 55.7 Å². The van der Waals surface area contributed by atoms with Gasteiger partial charge < -0.3 is 4.57 Å². The molecule has 9 heteroatoms. The molecule has 30 heavy (non-hydrogen) atoms. The molecule has 2 aromatic carbocycles. The first kappa shape index (κ1) is 21.2. The monoisotopic (exact) mass is 463 g/mol. The topological polar surface area (TPSA) is 71.7 Å². The quantitative estimate of drug-likeness (QED) is 0.594. The minimum atomic E-state index is -3.58. The molecule has 0 bridgehead atoms. The number of benzene rings is 2. The highest BCUT2D eigenvalue weighted by molar-refractivity contribution is 7.89. The van der Waals surface area contributed by atoms with Crippen LogP contribution in [0.4, 0.5) is 0 Å². The molecular formula is C21H22ClN3O3S2. The lowest BCUT2D eigenvalue weighted by molar-refractivity contribution is -0.122. The molecule has 1 amide bonds. The lowest BCUT2D eigenvalue weighted by Crippen LogP contribution is -2.40. The van der Waals surface area contributed by atoms with Crippen LogP contribution < -0.4 is 4.80 Å². The van der Waals surface area contributed by atoms with E-state index in [1.165, 1.54) is 27.8 Å². The summed E-state index contributed by atoms with van der Waals surface area (Å²) >= 11 is 7.35. The van der Waals surface area contributed by atoms with Crippen LogP contribution in [0.25, 0.3) is 10.2 Å². The van der Waals surface area contributed by atoms with Crippen molar-refractivity contribution in [3.05, 3.63) is 57.9 Å². The Morgan fingerprint density at radius 2 is 1.80 bits per heavy atom. The van der Waals surface area contributed by atoms with E-state index in [2.05, 4.69) is 4.99 Å². The number of piperidine rings is 1. The Morgan fingerprint density at radius 1 is 1.13 bits per heavy atom. The largest absolute Gasteiger partial charge is 0.319 e. The van der Waals surface area contributed by atoms with Crippen LogP contribution in [0.5, 0.6) is 0 Å². The van der Waals surface area contributed by atoms with Crippen molar-refractivity contribution in [3.8, 4) is 0 Å². The molecule has 1 fully saturated rings. The number of rotatable bonds is 3. The summed E-state index contributed by atoms with van der Waals surface area (Å²) in [4.78, 5) is 18.0. The second-order valence-corrected chi connectivity index (χ2v) is 10.8. The van der Waals surface area contributed by atoms with E-state index in [1.807, 2.05) is 36.7 Å². The first-order chi connectivity index (χ1) is 14.3. The standard InChI is InChI=1S/C21H22ClN3O3S2/c1-14-4-3-5-18-19(14)24(2)21(29-18)23-20(26)15-10-12-25(13-11-15)30(27,28)17-8-6-16(22)7-9-17/h3-9,15H,10-13H2,1-2H3. The van der Waals surface area contributed by atoms with Crippen LogP contribution in [0.3, 0.4) is 0 Å². The molecule has 0 N–H and O–H groups in total. The smallest absolute Gasteiger partial charge is 0.251 e. The molecule has 2 heterocycles. The Labute approximate surface area is 184 Å². The number of hydrogen-bond acceptors (Lipinski definition) is 4. The Bertz CT molecular complexity index is 1270. The fraction of sp³-hybridized carbons (Fsp3) is 0.333. The van der Waals surface area contributed by atoms with Crippen molar-refractivity contribution in [2.45, 2.75) is 24.7 Å². The highest BCUT2D eigenvalue weighted by Gasteiger charge is 2.32. The fourth-order valence-corrected chi connectivity index (χ4v) is 6.49. The number of aromatic nitrogens is 1. The second-order valence-electron chi connectivity index (χ2n) is 7.45. The molecule has 0 aliphatic carbocycles. The highest BCUT2D eigenvalue weighted by atomic mass is 35.5. The van der Waals surface area contributed by atoms with E-state index in [0.29, 0.717) is 35.8 Å². The average Bonchev–Trinajstić information content (AvgIpc) is 3.05. The third kappa shape index (κ3) is 3.97. The predicted octanol–water partition coefficient (Wildman–Crippen LogP) is 3.73. The highest BCUT2D eigenvalue weighted by Crippen LogP contribution is 2.26. The molecular weight excluding hydrogens is 442 g/mol. The number of hydrogen-bond donors (Lipinski definition) is 0. The van der Waals surface area contributed by atoms with Crippen molar-refractivity contribution < 1.29 is 13.2 Å². The zero-order valence-electron chi connectivity index (χ0n) is 16.7. The van der Waals surface area contributed by atoms with Crippen LogP contribution in [0.15, 0.2) is 52.4 Å². The summed E-state index contributed by atoms with van der Waals surface area (Å²) in [5.41, 5.74) is 2.22. The lowest BCUT2D eigenvalue weighted by Gasteiger charge is -2.29. The summed E-state index contributed by atoms with van der Waals surface area (Å²) in [5, 5.41) is 0.490. The van der Waals surface area contributed by atoms with Crippen LogP contribution in [0, 0.1) is 12.8 Å². The molecule has 3 aromatic rings. The number of amides is 1. The molecule has 0 unspecified atom stereocenters. The molecule has 1 aromatic heterocycles. The summed E-state index contributed by atoms with van der Waals surface area (Å²) in [7, 11) is -1.67. The number of carbonyl (C=O) groups is 1. The average molecular weight is 464 g/mol. The van der Waals surface area contributed by atoms with E-state index in [-0.39, 0.29) is 16.7 Å². The predicted molar refractivity (Wildman–Crippen MR) is 119 cm³/mol. The van der Waals surface area contributed by atoms with Gasteiger partial charge in [0.25, 0.3) is 5.91 Å². The van der Waals surface area contributed by atoms with E-state index < -0.39 is 10.0 Å². The van der Waals surface area contributed by atoms with Crippen LogP contribution in [0.2, 0.25) is 5.02 Å². The summed E-state index contributed by atoms with van der Waals surface area (Å²) < 4.78 is 30.1. The zero-order valence-corrected chi connectivity index (χ0v) is 19.1. The van der Waals surface area contributed by atoms with Crippen molar-refractivity contribution >= 4 is 49.1 Å². The lowest BCUT2D eigenvalue weighted by atomic mass is 9.98. The van der Waals surface area contributed by atoms with Gasteiger partial charge in [0.2, 0.25) is 10.0 Å². The Hall–Kier alpha value is -2.00. The first-order valence-corrected chi connectivity index (χ1v) is 12.3. The molecule has 0 radical (unpaired) electrons. The third-order valence-corrected chi connectivity index (χ3v) is 8.75. The molecule has 0 atom stereocenters. The maximum atomic E-state index is 12.8. The SMILES string of the molecule is Cc1cccc2sc(=NC(=O)C3CCN(S(=O)(=O)c4ccc(Cl)cc4)CC3)n(C)c12. The van der Waals surface area contributed by atoms with E-state index in [1.54, 1.807) is 12.1 Å². The normalized spacial score (nSPS) is 17.0. The van der Waals surface area contributed by atoms with Crippen LogP contribution in [-0.2, 0) is 21.9 Å². The van der Waals surface area contributed by atoms with Crippen molar-refractivity contribution in [2.75, 3.05) is 13.1 Å². The molecule has 158 valence electrons. The van der Waals surface area contributed by atoms with Gasteiger partial charge in [0.05, 0.1) is 15.1 Å². The van der Waals surface area contributed by atoms with Crippen molar-refractivity contribution in [2.24, 2.45) is 18.0 Å². The maximum Gasteiger partial charge on any atom is 0.251 e. The molecule has 0 spiro atoms.